The van der Waals surface area contributed by atoms with E-state index in [1.807, 2.05) is 0 Å². The van der Waals surface area contributed by atoms with Crippen molar-refractivity contribution >= 4 is 11.9 Å². The maximum absolute atomic E-state index is 12.0. The van der Waals surface area contributed by atoms with Crippen LogP contribution in [-0.4, -0.2) is 40.8 Å². The number of carbonyl (C=O) groups is 2. The molecule has 18 heavy (non-hydrogen) atoms. The molecule has 104 valence electrons. The summed E-state index contributed by atoms with van der Waals surface area (Å²) >= 11 is 0. The second kappa shape index (κ2) is 6.70. The van der Waals surface area contributed by atoms with Gasteiger partial charge in [0, 0.05) is 5.92 Å². The number of carbonyl (C=O) groups excluding carboxylic acids is 1. The Hall–Kier alpha value is -1.14. The van der Waals surface area contributed by atoms with E-state index in [0.717, 1.165) is 25.7 Å². The second-order valence-electron chi connectivity index (χ2n) is 4.95. The monoisotopic (exact) mass is 258 g/mol. The number of hydrogen-bond acceptors (Lipinski definition) is 4. The van der Waals surface area contributed by atoms with Crippen LogP contribution in [0.3, 0.4) is 0 Å². The van der Waals surface area contributed by atoms with Crippen LogP contribution in [0.15, 0.2) is 0 Å². The van der Waals surface area contributed by atoms with Crippen LogP contribution in [0.2, 0.25) is 0 Å². The van der Waals surface area contributed by atoms with E-state index in [1.54, 1.807) is 0 Å². The van der Waals surface area contributed by atoms with Gasteiger partial charge in [0.1, 0.15) is 0 Å². The predicted molar refractivity (Wildman–Crippen MR) is 65.7 cm³/mol. The van der Waals surface area contributed by atoms with Gasteiger partial charge in [0.25, 0.3) is 0 Å². The zero-order chi connectivity index (χ0) is 13.7. The van der Waals surface area contributed by atoms with Gasteiger partial charge in [0.15, 0.2) is 6.04 Å². The van der Waals surface area contributed by atoms with E-state index >= 15 is 0 Å². The fourth-order valence-corrected chi connectivity index (χ4v) is 2.48. The normalized spacial score (nSPS) is 27.3. The molecule has 0 aromatic heterocycles. The molecule has 0 saturated heterocycles. The molecule has 1 rings (SSSR count). The Morgan fingerprint density at radius 2 is 2.00 bits per heavy atom. The third-order valence-electron chi connectivity index (χ3n) is 3.59. The topological polar surface area (TPSA) is 113 Å². The Bertz CT molecular complexity index is 306. The summed E-state index contributed by atoms with van der Waals surface area (Å²) in [5.74, 6) is -1.65. The molecule has 1 fully saturated rings. The van der Waals surface area contributed by atoms with Crippen molar-refractivity contribution in [3.05, 3.63) is 0 Å². The fraction of sp³-hybridized carbons (Fsp3) is 0.833. The van der Waals surface area contributed by atoms with Crippen LogP contribution in [0.25, 0.3) is 0 Å². The van der Waals surface area contributed by atoms with Crippen molar-refractivity contribution < 1.29 is 19.8 Å². The average Bonchev–Trinajstić information content (AvgIpc) is 2.34. The molecule has 6 nitrogen and oxygen atoms in total. The van der Waals surface area contributed by atoms with Gasteiger partial charge < -0.3 is 21.3 Å². The molecule has 0 heterocycles. The first-order valence-electron chi connectivity index (χ1n) is 6.38. The maximum atomic E-state index is 12.0. The molecule has 4 unspecified atom stereocenters. The van der Waals surface area contributed by atoms with Gasteiger partial charge in [-0.1, -0.05) is 12.8 Å². The first-order valence-corrected chi connectivity index (χ1v) is 6.38. The van der Waals surface area contributed by atoms with E-state index in [-0.39, 0.29) is 17.7 Å². The maximum Gasteiger partial charge on any atom is 0.328 e. The van der Waals surface area contributed by atoms with Gasteiger partial charge in [0.2, 0.25) is 5.91 Å². The standard InChI is InChI=1S/C12H22N2O4/c1-7(15)10(12(17)18)14-11(16)9-5-3-2-4-8(9)6-13/h7-10,15H,2-6,13H2,1H3,(H,14,16)(H,17,18). The molecule has 1 aliphatic rings. The summed E-state index contributed by atoms with van der Waals surface area (Å²) in [5.41, 5.74) is 5.64. The number of nitrogens with two attached hydrogens (primary N) is 1. The van der Waals surface area contributed by atoms with Gasteiger partial charge in [-0.15, -0.1) is 0 Å². The van der Waals surface area contributed by atoms with Crippen molar-refractivity contribution in [2.45, 2.75) is 44.8 Å². The quantitative estimate of drug-likeness (QED) is 0.541. The number of nitrogens with one attached hydrogen (secondary N) is 1. The third-order valence-corrected chi connectivity index (χ3v) is 3.59. The molecule has 6 heteroatoms. The van der Waals surface area contributed by atoms with Crippen molar-refractivity contribution in [3.63, 3.8) is 0 Å². The minimum absolute atomic E-state index is 0.113. The molecule has 0 aliphatic heterocycles. The van der Waals surface area contributed by atoms with Crippen LogP contribution in [0, 0.1) is 11.8 Å². The van der Waals surface area contributed by atoms with Gasteiger partial charge in [-0.3, -0.25) is 4.79 Å². The molecule has 0 radical (unpaired) electrons. The average molecular weight is 258 g/mol. The van der Waals surface area contributed by atoms with E-state index in [2.05, 4.69) is 5.32 Å². The highest BCUT2D eigenvalue weighted by Gasteiger charge is 2.33. The van der Waals surface area contributed by atoms with Crippen molar-refractivity contribution in [3.8, 4) is 0 Å². The lowest BCUT2D eigenvalue weighted by molar-refractivity contribution is -0.146. The van der Waals surface area contributed by atoms with Gasteiger partial charge >= 0.3 is 5.97 Å². The summed E-state index contributed by atoms with van der Waals surface area (Å²) in [6.07, 6.45) is 2.54. The van der Waals surface area contributed by atoms with Crippen molar-refractivity contribution in [1.82, 2.24) is 5.32 Å². The van der Waals surface area contributed by atoms with Gasteiger partial charge in [0.05, 0.1) is 6.10 Å². The minimum Gasteiger partial charge on any atom is -0.480 e. The van der Waals surface area contributed by atoms with Crippen molar-refractivity contribution in [2.24, 2.45) is 17.6 Å². The number of rotatable bonds is 5. The molecule has 0 aromatic rings. The Morgan fingerprint density at radius 1 is 1.39 bits per heavy atom. The van der Waals surface area contributed by atoms with Gasteiger partial charge in [-0.05, 0) is 32.2 Å². The molecular formula is C12H22N2O4. The number of amides is 1. The number of aliphatic hydroxyl groups excluding tert-OH is 1. The minimum atomic E-state index is -1.25. The van der Waals surface area contributed by atoms with Gasteiger partial charge in [-0.2, -0.15) is 0 Å². The molecule has 4 atom stereocenters. The molecule has 1 saturated carbocycles. The number of carboxylic acids is 1. The molecule has 0 bridgehead atoms. The summed E-state index contributed by atoms with van der Waals surface area (Å²) in [6, 6.07) is -1.25. The SMILES string of the molecule is CC(O)C(NC(=O)C1CCCCC1CN)C(=O)O. The predicted octanol–water partition coefficient (Wildman–Crippen LogP) is -0.298. The fourth-order valence-electron chi connectivity index (χ4n) is 2.48. The summed E-state index contributed by atoms with van der Waals surface area (Å²) in [6.45, 7) is 1.78. The molecule has 0 spiro atoms. The first kappa shape index (κ1) is 14.9. The van der Waals surface area contributed by atoms with Crippen LogP contribution in [0.1, 0.15) is 32.6 Å². The Balaban J connectivity index is 2.64. The van der Waals surface area contributed by atoms with E-state index in [0.29, 0.717) is 6.54 Å². The molecular weight excluding hydrogens is 236 g/mol. The van der Waals surface area contributed by atoms with Gasteiger partial charge in [-0.25, -0.2) is 4.79 Å². The Labute approximate surface area is 107 Å². The van der Waals surface area contributed by atoms with Crippen LogP contribution in [-0.2, 0) is 9.59 Å². The summed E-state index contributed by atoms with van der Waals surface area (Å²) < 4.78 is 0. The summed E-state index contributed by atoms with van der Waals surface area (Å²) in [4.78, 5) is 23.0. The highest BCUT2D eigenvalue weighted by atomic mass is 16.4. The van der Waals surface area contributed by atoms with Crippen LogP contribution in [0.5, 0.6) is 0 Å². The van der Waals surface area contributed by atoms with Crippen molar-refractivity contribution in [2.75, 3.05) is 6.54 Å². The Morgan fingerprint density at radius 3 is 2.50 bits per heavy atom. The molecule has 5 N–H and O–H groups in total. The van der Waals surface area contributed by atoms with E-state index in [4.69, 9.17) is 10.8 Å². The lowest BCUT2D eigenvalue weighted by Crippen LogP contribution is -2.51. The lowest BCUT2D eigenvalue weighted by Gasteiger charge is -2.30. The highest BCUT2D eigenvalue weighted by molar-refractivity contribution is 5.85. The third kappa shape index (κ3) is 3.68. The van der Waals surface area contributed by atoms with Crippen LogP contribution < -0.4 is 11.1 Å². The van der Waals surface area contributed by atoms with E-state index in [1.165, 1.54) is 6.92 Å². The van der Waals surface area contributed by atoms with E-state index < -0.39 is 18.1 Å². The second-order valence-corrected chi connectivity index (χ2v) is 4.95. The van der Waals surface area contributed by atoms with Crippen LogP contribution >= 0.6 is 0 Å². The summed E-state index contributed by atoms with van der Waals surface area (Å²) in [5, 5.41) is 20.7. The smallest absolute Gasteiger partial charge is 0.328 e. The van der Waals surface area contributed by atoms with Crippen LogP contribution in [0.4, 0.5) is 0 Å². The lowest BCUT2D eigenvalue weighted by atomic mass is 9.78. The molecule has 1 aliphatic carbocycles. The number of carboxylic acid groups (broad SMARTS) is 1. The van der Waals surface area contributed by atoms with Crippen molar-refractivity contribution in [1.29, 1.82) is 0 Å². The molecule has 1 amide bonds. The Kier molecular flexibility index (Phi) is 5.55. The summed E-state index contributed by atoms with van der Waals surface area (Å²) in [7, 11) is 0. The first-order chi connectivity index (χ1) is 8.47. The number of aliphatic carboxylic acids is 1. The zero-order valence-corrected chi connectivity index (χ0v) is 10.6. The number of hydrogen-bond donors (Lipinski definition) is 4. The zero-order valence-electron chi connectivity index (χ0n) is 10.6. The van der Waals surface area contributed by atoms with E-state index in [9.17, 15) is 14.7 Å². The largest absolute Gasteiger partial charge is 0.480 e. The highest BCUT2D eigenvalue weighted by Crippen LogP contribution is 2.29. The number of aliphatic hydroxyl groups is 1. The molecule has 0 aromatic carbocycles.